The van der Waals surface area contributed by atoms with Crippen LogP contribution in [0.25, 0.3) is 0 Å². The Balaban J connectivity index is 2.08. The number of aryl methyl sites for hydroxylation is 2. The van der Waals surface area contributed by atoms with Crippen LogP contribution < -0.4 is 4.72 Å². The van der Waals surface area contributed by atoms with E-state index in [9.17, 15) is 8.42 Å². The van der Waals surface area contributed by atoms with Crippen molar-refractivity contribution in [2.45, 2.75) is 18.5 Å². The zero-order valence-electron chi connectivity index (χ0n) is 9.64. The number of nitrogens with zero attached hydrogens (tertiary/aromatic N) is 2. The zero-order valence-corrected chi connectivity index (χ0v) is 10.5. The number of hydrogen-bond donors (Lipinski definition) is 2. The van der Waals surface area contributed by atoms with Crippen LogP contribution in [0.3, 0.4) is 0 Å². The van der Waals surface area contributed by atoms with Crippen molar-refractivity contribution in [3.8, 4) is 0 Å². The first kappa shape index (κ1) is 11.9. The smallest absolute Gasteiger partial charge is 0.257 e. The molecule has 0 fully saturated rings. The van der Waals surface area contributed by atoms with Crippen LogP contribution in [-0.2, 0) is 23.6 Å². The Morgan fingerprint density at radius 1 is 1.53 bits per heavy atom. The maximum absolute atomic E-state index is 11.8. The molecule has 0 radical (unpaired) electrons. The van der Waals surface area contributed by atoms with Crippen molar-refractivity contribution in [1.29, 1.82) is 0 Å². The van der Waals surface area contributed by atoms with Gasteiger partial charge in [-0.2, -0.15) is 0 Å². The van der Waals surface area contributed by atoms with Gasteiger partial charge in [-0.25, -0.2) is 18.1 Å². The van der Waals surface area contributed by atoms with E-state index in [1.807, 2.05) is 30.1 Å². The van der Waals surface area contributed by atoms with E-state index in [0.29, 0.717) is 5.82 Å². The number of nitrogens with one attached hydrogen (secondary N) is 2. The lowest BCUT2D eigenvalue weighted by Crippen LogP contribution is -2.23. The maximum Gasteiger partial charge on any atom is 0.257 e. The average Bonchev–Trinajstić information content (AvgIpc) is 2.85. The lowest BCUT2D eigenvalue weighted by Gasteiger charge is -2.02. The molecule has 2 heterocycles. The summed E-state index contributed by atoms with van der Waals surface area (Å²) in [7, 11) is -1.62. The Labute approximate surface area is 99.7 Å². The number of imidazole rings is 1. The molecule has 0 amide bonds. The van der Waals surface area contributed by atoms with E-state index in [0.717, 1.165) is 5.56 Å². The van der Waals surface area contributed by atoms with Crippen molar-refractivity contribution >= 4 is 10.0 Å². The molecular weight excluding hydrogens is 240 g/mol. The molecule has 0 aliphatic rings. The van der Waals surface area contributed by atoms with Crippen molar-refractivity contribution in [3.05, 3.63) is 36.0 Å². The molecule has 0 aliphatic carbocycles. The van der Waals surface area contributed by atoms with Crippen LogP contribution in [0.1, 0.15) is 11.4 Å². The van der Waals surface area contributed by atoms with Gasteiger partial charge in [-0.05, 0) is 18.6 Å². The van der Waals surface area contributed by atoms with Crippen LogP contribution >= 0.6 is 0 Å². The maximum atomic E-state index is 11.8. The minimum absolute atomic E-state index is 0.0888. The fourth-order valence-corrected chi connectivity index (χ4v) is 2.44. The molecule has 0 aliphatic heterocycles. The first-order valence-corrected chi connectivity index (χ1v) is 6.58. The van der Waals surface area contributed by atoms with Gasteiger partial charge in [0.2, 0.25) is 0 Å². The molecule has 0 spiro atoms. The molecule has 0 unspecified atom stereocenters. The van der Waals surface area contributed by atoms with Crippen LogP contribution in [0.15, 0.2) is 29.7 Å². The minimum Gasteiger partial charge on any atom is -0.357 e. The molecule has 2 N–H and O–H groups in total. The molecular formula is C10H14N4O2S. The van der Waals surface area contributed by atoms with Crippen molar-refractivity contribution < 1.29 is 8.42 Å². The topological polar surface area (TPSA) is 79.8 Å². The van der Waals surface area contributed by atoms with Crippen molar-refractivity contribution in [3.63, 3.8) is 0 Å². The Bertz CT molecular complexity index is 612. The molecule has 0 saturated heterocycles. The van der Waals surface area contributed by atoms with Gasteiger partial charge < -0.3 is 9.55 Å². The normalized spacial score (nSPS) is 11.9. The second-order valence-electron chi connectivity index (χ2n) is 3.84. The van der Waals surface area contributed by atoms with E-state index < -0.39 is 10.0 Å². The fourth-order valence-electron chi connectivity index (χ4n) is 1.46. The Morgan fingerprint density at radius 2 is 2.29 bits per heavy atom. The van der Waals surface area contributed by atoms with E-state index in [1.165, 1.54) is 6.20 Å². The number of H-pyrrole nitrogens is 1. The summed E-state index contributed by atoms with van der Waals surface area (Å²) in [6, 6.07) is 1.86. The molecule has 7 heteroatoms. The Kier molecular flexibility index (Phi) is 3.03. The lowest BCUT2D eigenvalue weighted by molar-refractivity contribution is 0.578. The number of sulfonamides is 1. The van der Waals surface area contributed by atoms with Gasteiger partial charge in [0.25, 0.3) is 10.0 Å². The van der Waals surface area contributed by atoms with Gasteiger partial charge in [-0.1, -0.05) is 0 Å². The highest BCUT2D eigenvalue weighted by Gasteiger charge is 2.15. The predicted molar refractivity (Wildman–Crippen MR) is 62.8 cm³/mol. The highest BCUT2D eigenvalue weighted by atomic mass is 32.2. The SMILES string of the molecule is Cc1ncc(S(=O)(=O)NCc2ccn(C)c2)[nH]1. The summed E-state index contributed by atoms with van der Waals surface area (Å²) in [5, 5.41) is 0.0888. The van der Waals surface area contributed by atoms with Crippen molar-refractivity contribution in [1.82, 2.24) is 19.3 Å². The largest absolute Gasteiger partial charge is 0.357 e. The Hall–Kier alpha value is -1.60. The predicted octanol–water partition coefficient (Wildman–Crippen LogP) is 0.535. The summed E-state index contributed by atoms with van der Waals surface area (Å²) in [5.74, 6) is 0.574. The van der Waals surface area contributed by atoms with Crippen LogP contribution in [0, 0.1) is 6.92 Å². The third-order valence-corrected chi connectivity index (χ3v) is 3.64. The summed E-state index contributed by atoms with van der Waals surface area (Å²) in [6.07, 6.45) is 5.04. The second kappa shape index (κ2) is 4.34. The van der Waals surface area contributed by atoms with Crippen LogP contribution in [0.4, 0.5) is 0 Å². The van der Waals surface area contributed by atoms with E-state index >= 15 is 0 Å². The first-order valence-electron chi connectivity index (χ1n) is 5.09. The molecule has 2 rings (SSSR count). The molecule has 0 saturated carbocycles. The van der Waals surface area contributed by atoms with E-state index in [1.54, 1.807) is 6.92 Å². The van der Waals surface area contributed by atoms with Crippen molar-refractivity contribution in [2.75, 3.05) is 0 Å². The summed E-state index contributed by atoms with van der Waals surface area (Å²) in [4.78, 5) is 6.55. The van der Waals surface area contributed by atoms with Crippen LogP contribution in [0.5, 0.6) is 0 Å². The summed E-state index contributed by atoms with van der Waals surface area (Å²) in [5.41, 5.74) is 0.910. The molecule has 0 atom stereocenters. The molecule has 2 aromatic rings. The van der Waals surface area contributed by atoms with Crippen molar-refractivity contribution in [2.24, 2.45) is 7.05 Å². The van der Waals surface area contributed by atoms with Crippen LogP contribution in [0.2, 0.25) is 0 Å². The number of aromatic amines is 1. The summed E-state index contributed by atoms with van der Waals surface area (Å²) >= 11 is 0. The quantitative estimate of drug-likeness (QED) is 0.835. The molecule has 0 aromatic carbocycles. The second-order valence-corrected chi connectivity index (χ2v) is 5.58. The molecule has 0 bridgehead atoms. The highest BCUT2D eigenvalue weighted by molar-refractivity contribution is 7.89. The van der Waals surface area contributed by atoms with Gasteiger partial charge in [-0.15, -0.1) is 0 Å². The van der Waals surface area contributed by atoms with E-state index in [4.69, 9.17) is 0 Å². The third-order valence-electron chi connectivity index (χ3n) is 2.33. The third kappa shape index (κ3) is 2.75. The van der Waals surface area contributed by atoms with Gasteiger partial charge in [0.05, 0.1) is 6.20 Å². The monoisotopic (exact) mass is 254 g/mol. The van der Waals surface area contributed by atoms with Gasteiger partial charge in [0, 0.05) is 26.0 Å². The lowest BCUT2D eigenvalue weighted by atomic mass is 10.4. The molecule has 6 nitrogen and oxygen atoms in total. The number of aromatic nitrogens is 3. The average molecular weight is 254 g/mol. The summed E-state index contributed by atoms with van der Waals surface area (Å²) < 4.78 is 28.0. The molecule has 17 heavy (non-hydrogen) atoms. The van der Waals surface area contributed by atoms with E-state index in [-0.39, 0.29) is 11.6 Å². The van der Waals surface area contributed by atoms with Gasteiger partial charge in [0.15, 0.2) is 5.03 Å². The number of hydrogen-bond acceptors (Lipinski definition) is 3. The minimum atomic E-state index is -3.51. The van der Waals surface area contributed by atoms with Gasteiger partial charge in [-0.3, -0.25) is 0 Å². The number of rotatable bonds is 4. The van der Waals surface area contributed by atoms with E-state index in [2.05, 4.69) is 14.7 Å². The van der Waals surface area contributed by atoms with Crippen LogP contribution in [-0.4, -0.2) is 23.0 Å². The standard InChI is InChI=1S/C10H14N4O2S/c1-8-11-6-10(13-8)17(15,16)12-5-9-3-4-14(2)7-9/h3-4,6-7,12H,5H2,1-2H3,(H,11,13). The molecule has 2 aromatic heterocycles. The Morgan fingerprint density at radius 3 is 2.82 bits per heavy atom. The zero-order chi connectivity index (χ0) is 12.5. The van der Waals surface area contributed by atoms with Gasteiger partial charge >= 0.3 is 0 Å². The fraction of sp³-hybridized carbons (Fsp3) is 0.300. The first-order chi connectivity index (χ1) is 7.97. The highest BCUT2D eigenvalue weighted by Crippen LogP contribution is 2.06. The van der Waals surface area contributed by atoms with Gasteiger partial charge in [0.1, 0.15) is 5.82 Å². The molecule has 92 valence electrons. The summed E-state index contributed by atoms with van der Waals surface area (Å²) in [6.45, 7) is 1.97.